The van der Waals surface area contributed by atoms with Gasteiger partial charge in [-0.25, -0.2) is 24.6 Å². The summed E-state index contributed by atoms with van der Waals surface area (Å²) >= 11 is 0. The van der Waals surface area contributed by atoms with Crippen LogP contribution in [0.3, 0.4) is 0 Å². The van der Waals surface area contributed by atoms with E-state index in [2.05, 4.69) is 73.4 Å². The third kappa shape index (κ3) is 6.96. The number of rotatable bonds is 7. The molecule has 0 aliphatic heterocycles. The van der Waals surface area contributed by atoms with Gasteiger partial charge >= 0.3 is 0 Å². The Hall–Kier alpha value is -11.0. The lowest BCUT2D eigenvalue weighted by Gasteiger charge is -2.20. The highest BCUT2D eigenvalue weighted by atomic mass is 15.1. The number of fused-ring (bicyclic) bond motifs is 6. The van der Waals surface area contributed by atoms with Crippen molar-refractivity contribution in [3.63, 3.8) is 0 Å². The molecular formula is C62H32N10. The summed E-state index contributed by atoms with van der Waals surface area (Å²) in [5.74, 6) is 1.31. The van der Waals surface area contributed by atoms with E-state index in [0.717, 1.165) is 71.4 Å². The molecule has 330 valence electrons. The van der Waals surface area contributed by atoms with E-state index in [1.165, 1.54) is 0 Å². The molecule has 0 unspecified atom stereocenters. The number of benzene rings is 9. The average Bonchev–Trinajstić information content (AvgIpc) is 3.96. The Morgan fingerprint density at radius 1 is 0.389 bits per heavy atom. The molecule has 3 aromatic heterocycles. The molecule has 0 saturated heterocycles. The predicted octanol–water partition coefficient (Wildman–Crippen LogP) is 15.1. The largest absolute Gasteiger partial charge is 0.308 e. The maximum absolute atomic E-state index is 11.1. The second-order valence-electron chi connectivity index (χ2n) is 17.1. The third-order valence-electron chi connectivity index (χ3n) is 13.1. The molecule has 0 radical (unpaired) electrons. The zero-order valence-electron chi connectivity index (χ0n) is 37.9. The van der Waals surface area contributed by atoms with Crippen LogP contribution in [0.4, 0.5) is 11.4 Å². The van der Waals surface area contributed by atoms with Gasteiger partial charge in [0.15, 0.2) is 28.8 Å². The van der Waals surface area contributed by atoms with Crippen LogP contribution < -0.4 is 0 Å². The normalized spacial score (nSPS) is 11.0. The molecule has 0 amide bonds. The second-order valence-corrected chi connectivity index (χ2v) is 17.1. The Labute approximate surface area is 412 Å². The molecule has 0 bridgehead atoms. The summed E-state index contributed by atoms with van der Waals surface area (Å²) in [6.07, 6.45) is 0. The van der Waals surface area contributed by atoms with E-state index in [1.807, 2.05) is 133 Å². The van der Waals surface area contributed by atoms with E-state index >= 15 is 0 Å². The smallest absolute Gasteiger partial charge is 0.184 e. The molecule has 12 aromatic rings. The van der Waals surface area contributed by atoms with Crippen LogP contribution in [0.5, 0.6) is 0 Å². The van der Waals surface area contributed by atoms with E-state index in [0.29, 0.717) is 68.0 Å². The van der Waals surface area contributed by atoms with Crippen molar-refractivity contribution in [2.75, 3.05) is 0 Å². The first-order chi connectivity index (χ1) is 35.5. The van der Waals surface area contributed by atoms with Gasteiger partial charge in [0, 0.05) is 32.7 Å². The van der Waals surface area contributed by atoms with Crippen molar-refractivity contribution in [2.24, 2.45) is 0 Å². The Bertz CT molecular complexity index is 4180. The van der Waals surface area contributed by atoms with Gasteiger partial charge in [-0.3, -0.25) is 0 Å². The monoisotopic (exact) mass is 916 g/mol. The Morgan fingerprint density at radius 2 is 0.889 bits per heavy atom. The van der Waals surface area contributed by atoms with Gasteiger partial charge in [-0.05, 0) is 82.9 Å². The molecule has 10 heteroatoms. The first-order valence-electron chi connectivity index (χ1n) is 22.8. The molecule has 3 heterocycles. The highest BCUT2D eigenvalue weighted by Gasteiger charge is 2.27. The van der Waals surface area contributed by atoms with Crippen LogP contribution in [0.25, 0.3) is 121 Å². The highest BCUT2D eigenvalue weighted by molar-refractivity contribution is 6.13. The molecule has 0 aliphatic rings. The molecule has 0 saturated carbocycles. The van der Waals surface area contributed by atoms with Gasteiger partial charge < -0.3 is 9.13 Å². The first-order valence-corrected chi connectivity index (χ1v) is 22.8. The zero-order valence-corrected chi connectivity index (χ0v) is 37.9. The number of hydrogen-bond acceptors (Lipinski definition) is 6. The summed E-state index contributed by atoms with van der Waals surface area (Å²) in [7, 11) is 0. The number of nitriles is 3. The Kier molecular flexibility index (Phi) is 10.2. The van der Waals surface area contributed by atoms with Crippen LogP contribution in [0.15, 0.2) is 194 Å². The van der Waals surface area contributed by atoms with Crippen LogP contribution in [0, 0.1) is 47.1 Å². The summed E-state index contributed by atoms with van der Waals surface area (Å²) in [4.78, 5) is 23.2. The summed E-state index contributed by atoms with van der Waals surface area (Å²) in [5, 5.41) is 34.6. The SMILES string of the molecule is [C-]#[N+]c1ccc(-c2ccc3c(c2)c2ccccc2n3-c2cc(C#N)cc(-n3c4ccccc4c4cc(-c5ccc(C#N)cc5C#N)ccc43)c2-c2nc(-c3ccccc3)nc(-c3ccccc3)n2)c([N+]#[C-])c1. The molecule has 0 N–H and O–H groups in total. The van der Waals surface area contributed by atoms with Crippen molar-refractivity contribution in [1.82, 2.24) is 24.1 Å². The van der Waals surface area contributed by atoms with Gasteiger partial charge in [0.1, 0.15) is 0 Å². The van der Waals surface area contributed by atoms with Crippen molar-refractivity contribution >= 4 is 55.0 Å². The standard InChI is InChI=1S/C62H32N10/c1-66-45-24-26-47(52(34-45)67-2)43-23-28-56-51(33-43)49-18-10-12-20-54(49)72(56)58-31-39(36-64)30-57(59(58)62-69-60(40-13-5-3-6-14-40)68-61(70-62)41-15-7-4-8-16-41)71-53-19-11-9-17-48(53)50-32-42(22-27-55(50)71)46-25-21-38(35-63)29-44(46)37-65/h3-34H. The maximum atomic E-state index is 11.1. The van der Waals surface area contributed by atoms with Crippen LogP contribution in [0.2, 0.25) is 0 Å². The first kappa shape index (κ1) is 42.4. The Morgan fingerprint density at radius 3 is 1.42 bits per heavy atom. The topological polar surface area (TPSA) is 129 Å². The molecule has 9 aromatic carbocycles. The fourth-order valence-corrected chi connectivity index (χ4v) is 9.86. The molecule has 10 nitrogen and oxygen atoms in total. The maximum Gasteiger partial charge on any atom is 0.184 e. The summed E-state index contributed by atoms with van der Waals surface area (Å²) < 4.78 is 4.33. The fraction of sp³-hybridized carbons (Fsp3) is 0. The van der Waals surface area contributed by atoms with Crippen molar-refractivity contribution in [2.45, 2.75) is 0 Å². The quantitative estimate of drug-likeness (QED) is 0.146. The van der Waals surface area contributed by atoms with E-state index in [4.69, 9.17) is 28.1 Å². The van der Waals surface area contributed by atoms with Crippen molar-refractivity contribution in [3.05, 3.63) is 234 Å². The zero-order chi connectivity index (χ0) is 48.9. The number of nitrogens with zero attached hydrogens (tertiary/aromatic N) is 10. The van der Waals surface area contributed by atoms with Crippen molar-refractivity contribution < 1.29 is 0 Å². The van der Waals surface area contributed by atoms with E-state index < -0.39 is 0 Å². The minimum atomic E-state index is 0.375. The van der Waals surface area contributed by atoms with Crippen molar-refractivity contribution in [1.29, 1.82) is 15.8 Å². The van der Waals surface area contributed by atoms with Crippen molar-refractivity contribution in [3.8, 4) is 86.0 Å². The van der Waals surface area contributed by atoms with E-state index in [-0.39, 0.29) is 0 Å². The van der Waals surface area contributed by atoms with Gasteiger partial charge in [0.2, 0.25) is 0 Å². The van der Waals surface area contributed by atoms with Gasteiger partial charge in [-0.1, -0.05) is 133 Å². The third-order valence-corrected chi connectivity index (χ3v) is 13.1. The minimum Gasteiger partial charge on any atom is -0.308 e. The molecular weight excluding hydrogens is 885 g/mol. The summed E-state index contributed by atoms with van der Waals surface area (Å²) in [6, 6.07) is 69.2. The lowest BCUT2D eigenvalue weighted by molar-refractivity contribution is 1.05. The van der Waals surface area contributed by atoms with Crippen LogP contribution in [-0.2, 0) is 0 Å². The Balaban J connectivity index is 1.21. The summed E-state index contributed by atoms with van der Waals surface area (Å²) in [6.45, 7) is 15.6. The van der Waals surface area contributed by atoms with E-state index in [9.17, 15) is 15.8 Å². The van der Waals surface area contributed by atoms with Gasteiger partial charge in [-0.15, -0.1) is 0 Å². The summed E-state index contributed by atoms with van der Waals surface area (Å²) in [5.41, 5.74) is 12.0. The minimum absolute atomic E-state index is 0.375. The number of aromatic nitrogens is 5. The van der Waals surface area contributed by atoms with Gasteiger partial charge in [-0.2, -0.15) is 15.8 Å². The van der Waals surface area contributed by atoms with Crippen LogP contribution >= 0.6 is 0 Å². The molecule has 0 spiro atoms. The van der Waals surface area contributed by atoms with Gasteiger partial charge in [0.25, 0.3) is 0 Å². The van der Waals surface area contributed by atoms with Gasteiger partial charge in [0.05, 0.1) is 87.0 Å². The fourth-order valence-electron chi connectivity index (χ4n) is 9.86. The number of para-hydroxylation sites is 2. The average molecular weight is 917 g/mol. The second kappa shape index (κ2) is 17.3. The number of hydrogen-bond donors (Lipinski definition) is 0. The molecule has 0 atom stereocenters. The molecule has 12 rings (SSSR count). The molecule has 72 heavy (non-hydrogen) atoms. The van der Waals surface area contributed by atoms with Crippen LogP contribution in [0.1, 0.15) is 16.7 Å². The van der Waals surface area contributed by atoms with E-state index in [1.54, 1.807) is 24.3 Å². The molecule has 0 aliphatic carbocycles. The highest BCUT2D eigenvalue weighted by Crippen LogP contribution is 2.45. The lowest BCUT2D eigenvalue weighted by Crippen LogP contribution is -2.08. The van der Waals surface area contributed by atoms with Crippen LogP contribution in [-0.4, -0.2) is 24.1 Å². The lowest BCUT2D eigenvalue weighted by atomic mass is 9.97. The molecule has 0 fully saturated rings. The predicted molar refractivity (Wildman–Crippen MR) is 282 cm³/mol.